The van der Waals surface area contributed by atoms with Gasteiger partial charge in [0.25, 0.3) is 5.91 Å². The van der Waals surface area contributed by atoms with Gasteiger partial charge in [-0.05, 0) is 54.4 Å². The van der Waals surface area contributed by atoms with Gasteiger partial charge in [-0.3, -0.25) is 19.2 Å². The highest BCUT2D eigenvalue weighted by atomic mass is 35.5. The minimum atomic E-state index is -0.0307. The van der Waals surface area contributed by atoms with Crippen molar-refractivity contribution in [3.8, 4) is 28.6 Å². The molecule has 2 aromatic carbocycles. The SMILES string of the molecule is Cc1ccc(Cl)cc1-n1c(SCc2nc(C(=O)N3CCN(Cc4ccc5c(c4)OCO5)CC3)cs2)nnc1-c1cccnc1. The maximum absolute atomic E-state index is 13.3. The Bertz CT molecular complexity index is 1810. The summed E-state index contributed by atoms with van der Waals surface area (Å²) in [5.41, 5.74) is 4.45. The Kier molecular flexibility index (Phi) is 8.22. The number of aromatic nitrogens is 5. The third-order valence-corrected chi connectivity index (χ3v) is 9.77. The fraction of sp³-hybridized carbons (Fsp3) is 0.258. The van der Waals surface area contributed by atoms with Gasteiger partial charge in [0.15, 0.2) is 22.5 Å². The van der Waals surface area contributed by atoms with E-state index in [1.165, 1.54) is 28.7 Å². The summed E-state index contributed by atoms with van der Waals surface area (Å²) in [6.45, 7) is 6.01. The van der Waals surface area contributed by atoms with E-state index in [-0.39, 0.29) is 12.7 Å². The molecule has 5 aromatic rings. The Labute approximate surface area is 267 Å². The second-order valence-corrected chi connectivity index (χ2v) is 12.8. The van der Waals surface area contributed by atoms with Crippen molar-refractivity contribution in [3.63, 3.8) is 0 Å². The van der Waals surface area contributed by atoms with Crippen LogP contribution in [0.4, 0.5) is 0 Å². The van der Waals surface area contributed by atoms with Gasteiger partial charge in [0.1, 0.15) is 10.7 Å². The zero-order valence-electron chi connectivity index (χ0n) is 23.9. The second kappa shape index (κ2) is 12.6. The molecule has 224 valence electrons. The average molecular weight is 646 g/mol. The monoisotopic (exact) mass is 645 g/mol. The van der Waals surface area contributed by atoms with E-state index < -0.39 is 0 Å². The third-order valence-electron chi connectivity index (χ3n) is 7.56. The number of nitrogens with zero attached hydrogens (tertiary/aromatic N) is 7. The molecule has 0 aliphatic carbocycles. The number of amides is 1. The molecule has 2 aliphatic rings. The fourth-order valence-corrected chi connectivity index (χ4v) is 7.15. The van der Waals surface area contributed by atoms with E-state index in [1.807, 2.05) is 64.2 Å². The fourth-order valence-electron chi connectivity index (χ4n) is 5.26. The van der Waals surface area contributed by atoms with E-state index in [0.29, 0.717) is 40.5 Å². The summed E-state index contributed by atoms with van der Waals surface area (Å²) in [7, 11) is 0. The molecule has 1 saturated heterocycles. The number of fused-ring (bicyclic) bond motifs is 1. The van der Waals surface area contributed by atoms with Crippen LogP contribution < -0.4 is 9.47 Å². The number of benzene rings is 2. The predicted molar refractivity (Wildman–Crippen MR) is 170 cm³/mol. The molecule has 0 unspecified atom stereocenters. The first-order valence-corrected chi connectivity index (χ1v) is 16.4. The van der Waals surface area contributed by atoms with E-state index >= 15 is 0 Å². The van der Waals surface area contributed by atoms with Crippen LogP contribution in [-0.2, 0) is 12.3 Å². The second-order valence-electron chi connectivity index (χ2n) is 10.5. The molecule has 10 nitrogen and oxygen atoms in total. The number of hydrogen-bond acceptors (Lipinski definition) is 10. The lowest BCUT2D eigenvalue weighted by atomic mass is 10.1. The molecule has 3 aromatic heterocycles. The molecule has 44 heavy (non-hydrogen) atoms. The Morgan fingerprint density at radius 3 is 2.75 bits per heavy atom. The van der Waals surface area contributed by atoms with Crippen LogP contribution >= 0.6 is 34.7 Å². The highest BCUT2D eigenvalue weighted by Crippen LogP contribution is 2.34. The Hall–Kier alpha value is -3.97. The standard InChI is InChI=1S/C31H28ClN7O3S2/c1-20-4-6-23(32)14-25(20)39-29(22-3-2-8-33-15-22)35-36-31(39)44-18-28-34-24(17-43-28)30(40)38-11-9-37(10-12-38)16-21-5-7-26-27(13-21)42-19-41-26/h2-8,13-15,17H,9-12,16,18-19H2,1H3. The lowest BCUT2D eigenvalue weighted by Crippen LogP contribution is -2.48. The van der Waals surface area contributed by atoms with Gasteiger partial charge < -0.3 is 14.4 Å². The molecule has 0 N–H and O–H groups in total. The number of hydrogen-bond donors (Lipinski definition) is 0. The number of carbonyl (C=O) groups is 1. The summed E-state index contributed by atoms with van der Waals surface area (Å²) in [4.78, 5) is 26.5. The van der Waals surface area contributed by atoms with E-state index in [4.69, 9.17) is 26.1 Å². The van der Waals surface area contributed by atoms with Crippen molar-refractivity contribution in [1.29, 1.82) is 0 Å². The average Bonchev–Trinajstić information content (AvgIpc) is 3.81. The van der Waals surface area contributed by atoms with Gasteiger partial charge in [0.05, 0.1) is 11.4 Å². The molecular weight excluding hydrogens is 618 g/mol. The quantitative estimate of drug-likeness (QED) is 0.196. The highest BCUT2D eigenvalue weighted by molar-refractivity contribution is 7.98. The van der Waals surface area contributed by atoms with Crippen LogP contribution in [0.5, 0.6) is 11.5 Å². The summed E-state index contributed by atoms with van der Waals surface area (Å²) >= 11 is 9.39. The summed E-state index contributed by atoms with van der Waals surface area (Å²) in [6.07, 6.45) is 3.50. The molecule has 1 fully saturated rings. The van der Waals surface area contributed by atoms with Crippen molar-refractivity contribution in [1.82, 2.24) is 34.5 Å². The van der Waals surface area contributed by atoms with Crippen molar-refractivity contribution < 1.29 is 14.3 Å². The van der Waals surface area contributed by atoms with Crippen molar-refractivity contribution >= 4 is 40.6 Å². The normalized spacial score (nSPS) is 14.7. The maximum atomic E-state index is 13.3. The zero-order valence-corrected chi connectivity index (χ0v) is 26.2. The van der Waals surface area contributed by atoms with E-state index in [0.717, 1.165) is 53.0 Å². The van der Waals surface area contributed by atoms with Crippen LogP contribution in [0.25, 0.3) is 17.1 Å². The smallest absolute Gasteiger partial charge is 0.273 e. The number of rotatable bonds is 8. The number of thioether (sulfide) groups is 1. The first kappa shape index (κ1) is 28.8. The molecule has 0 spiro atoms. The molecule has 13 heteroatoms. The van der Waals surface area contributed by atoms with Gasteiger partial charge in [-0.1, -0.05) is 35.5 Å². The zero-order chi connectivity index (χ0) is 30.0. The van der Waals surface area contributed by atoms with Crippen molar-refractivity contribution in [2.24, 2.45) is 0 Å². The number of aryl methyl sites for hydroxylation is 1. The van der Waals surface area contributed by atoms with Crippen molar-refractivity contribution in [2.75, 3.05) is 33.0 Å². The van der Waals surface area contributed by atoms with Gasteiger partial charge in [-0.25, -0.2) is 4.98 Å². The Balaban J connectivity index is 1.00. The molecule has 1 amide bonds. The first-order valence-electron chi connectivity index (χ1n) is 14.1. The van der Waals surface area contributed by atoms with E-state index in [2.05, 4.69) is 26.1 Å². The van der Waals surface area contributed by atoms with Gasteiger partial charge in [-0.15, -0.1) is 21.5 Å². The largest absolute Gasteiger partial charge is 0.454 e. The Morgan fingerprint density at radius 2 is 1.91 bits per heavy atom. The predicted octanol–water partition coefficient (Wildman–Crippen LogP) is 5.73. The lowest BCUT2D eigenvalue weighted by molar-refractivity contribution is 0.0623. The van der Waals surface area contributed by atoms with Crippen LogP contribution in [0.3, 0.4) is 0 Å². The summed E-state index contributed by atoms with van der Waals surface area (Å²) < 4.78 is 12.9. The highest BCUT2D eigenvalue weighted by Gasteiger charge is 2.25. The number of thiazole rings is 1. The van der Waals surface area contributed by atoms with E-state index in [1.54, 1.807) is 12.4 Å². The van der Waals surface area contributed by atoms with Gasteiger partial charge in [-0.2, -0.15) is 0 Å². The molecule has 5 heterocycles. The summed E-state index contributed by atoms with van der Waals surface area (Å²) in [5.74, 6) is 2.78. The van der Waals surface area contributed by atoms with Crippen LogP contribution in [0.2, 0.25) is 5.02 Å². The molecular formula is C31H28ClN7O3S2. The van der Waals surface area contributed by atoms with Crippen LogP contribution in [0.1, 0.15) is 26.6 Å². The molecule has 0 radical (unpaired) electrons. The van der Waals surface area contributed by atoms with Gasteiger partial charge in [0.2, 0.25) is 6.79 Å². The molecule has 7 rings (SSSR count). The van der Waals surface area contributed by atoms with Crippen LogP contribution in [-0.4, -0.2) is 73.4 Å². The topological polar surface area (TPSA) is 98.5 Å². The van der Waals surface area contributed by atoms with Crippen LogP contribution in [0, 0.1) is 6.92 Å². The summed E-state index contributed by atoms with van der Waals surface area (Å²) in [5, 5.41) is 13.0. The minimum Gasteiger partial charge on any atom is -0.454 e. The van der Waals surface area contributed by atoms with Crippen molar-refractivity contribution in [2.45, 2.75) is 24.4 Å². The number of carbonyl (C=O) groups excluding carboxylic acids is 1. The number of pyridine rings is 1. The molecule has 0 atom stereocenters. The Morgan fingerprint density at radius 1 is 1.05 bits per heavy atom. The molecule has 0 saturated carbocycles. The molecule has 2 aliphatic heterocycles. The number of ether oxygens (including phenoxy) is 2. The van der Waals surface area contributed by atoms with Crippen molar-refractivity contribution in [3.05, 3.63) is 93.2 Å². The minimum absolute atomic E-state index is 0.0307. The van der Waals surface area contributed by atoms with Crippen LogP contribution in [0.15, 0.2) is 71.5 Å². The van der Waals surface area contributed by atoms with Gasteiger partial charge in [0, 0.05) is 61.1 Å². The number of halogens is 1. The van der Waals surface area contributed by atoms with E-state index in [9.17, 15) is 4.79 Å². The summed E-state index contributed by atoms with van der Waals surface area (Å²) in [6, 6.07) is 15.7. The molecule has 0 bridgehead atoms. The maximum Gasteiger partial charge on any atom is 0.273 e. The van der Waals surface area contributed by atoms with Gasteiger partial charge >= 0.3 is 0 Å². The third kappa shape index (κ3) is 6.03. The number of piperazine rings is 1. The lowest BCUT2D eigenvalue weighted by Gasteiger charge is -2.34. The first-order chi connectivity index (χ1) is 21.5.